The summed E-state index contributed by atoms with van der Waals surface area (Å²) in [6.07, 6.45) is 1.79. The highest BCUT2D eigenvalue weighted by molar-refractivity contribution is 7.07. The molecule has 7 nitrogen and oxygen atoms in total. The van der Waals surface area contributed by atoms with Crippen molar-refractivity contribution in [2.75, 3.05) is 13.4 Å². The first-order chi connectivity index (χ1) is 16.0. The Kier molecular flexibility index (Phi) is 5.55. The smallest absolute Gasteiger partial charge is 0.338 e. The van der Waals surface area contributed by atoms with E-state index in [-0.39, 0.29) is 19.0 Å². The summed E-state index contributed by atoms with van der Waals surface area (Å²) >= 11 is 7.35. The van der Waals surface area contributed by atoms with E-state index in [9.17, 15) is 9.59 Å². The maximum Gasteiger partial charge on any atom is 0.338 e. The van der Waals surface area contributed by atoms with E-state index in [1.54, 1.807) is 48.8 Å². The summed E-state index contributed by atoms with van der Waals surface area (Å²) in [7, 11) is 0. The average Bonchev–Trinajstić information content (AvgIpc) is 3.37. The molecule has 0 unspecified atom stereocenters. The Morgan fingerprint density at radius 1 is 1.24 bits per heavy atom. The Labute approximate surface area is 197 Å². The largest absolute Gasteiger partial charge is 0.463 e. The quantitative estimate of drug-likeness (QED) is 0.534. The fourth-order valence-corrected chi connectivity index (χ4v) is 5.08. The zero-order chi connectivity index (χ0) is 23.1. The standard InChI is InChI=1S/C24H19ClN2O5S/c1-3-30-23(29)20-13(2)26-24-27(21(20)15-5-7-16(25)8-6-15)22(28)19(33-24)11-14-4-9-17-18(10-14)32-12-31-17/h4-11,21H,3,12H2,1-2H3/t21-/m0/s1. The second kappa shape index (κ2) is 8.53. The highest BCUT2D eigenvalue weighted by Gasteiger charge is 2.33. The number of nitrogens with zero attached hydrogens (tertiary/aromatic N) is 2. The molecular formula is C24H19ClN2O5S. The predicted molar refractivity (Wildman–Crippen MR) is 124 cm³/mol. The maximum atomic E-state index is 13.6. The molecule has 0 fully saturated rings. The molecule has 168 valence electrons. The molecule has 1 aromatic heterocycles. The van der Waals surface area contributed by atoms with Gasteiger partial charge in [0.25, 0.3) is 5.56 Å². The number of halogens is 1. The third-order valence-electron chi connectivity index (χ3n) is 5.40. The van der Waals surface area contributed by atoms with Gasteiger partial charge >= 0.3 is 5.97 Å². The van der Waals surface area contributed by atoms with Crippen LogP contribution in [0, 0.1) is 0 Å². The van der Waals surface area contributed by atoms with Crippen molar-refractivity contribution in [1.82, 2.24) is 4.57 Å². The van der Waals surface area contributed by atoms with Gasteiger partial charge in [0, 0.05) is 5.02 Å². The Balaban J connectivity index is 1.69. The van der Waals surface area contributed by atoms with Gasteiger partial charge in [0.1, 0.15) is 0 Å². The maximum absolute atomic E-state index is 13.6. The molecule has 9 heteroatoms. The van der Waals surface area contributed by atoms with Gasteiger partial charge in [-0.15, -0.1) is 0 Å². The van der Waals surface area contributed by atoms with Crippen LogP contribution in [0.1, 0.15) is 31.0 Å². The summed E-state index contributed by atoms with van der Waals surface area (Å²) in [5, 5.41) is 0.562. The third kappa shape index (κ3) is 3.85. The number of hydrogen-bond acceptors (Lipinski definition) is 7. The van der Waals surface area contributed by atoms with Gasteiger partial charge in [0.05, 0.1) is 28.5 Å². The first-order valence-electron chi connectivity index (χ1n) is 10.3. The third-order valence-corrected chi connectivity index (χ3v) is 6.63. The molecule has 3 aromatic rings. The molecule has 3 heterocycles. The number of benzene rings is 2. The van der Waals surface area contributed by atoms with Gasteiger partial charge in [-0.1, -0.05) is 41.1 Å². The van der Waals surface area contributed by atoms with Crippen molar-refractivity contribution in [3.8, 4) is 11.5 Å². The summed E-state index contributed by atoms with van der Waals surface area (Å²) in [6.45, 7) is 3.89. The lowest BCUT2D eigenvalue weighted by Crippen LogP contribution is -2.39. The summed E-state index contributed by atoms with van der Waals surface area (Å²) in [6, 6.07) is 11.9. The number of aromatic nitrogens is 1. The molecule has 0 amide bonds. The van der Waals surface area contributed by atoms with Crippen molar-refractivity contribution in [1.29, 1.82) is 0 Å². The lowest BCUT2D eigenvalue weighted by molar-refractivity contribution is -0.139. The summed E-state index contributed by atoms with van der Waals surface area (Å²) in [4.78, 5) is 31.5. The second-order valence-electron chi connectivity index (χ2n) is 7.47. The van der Waals surface area contributed by atoms with Crippen molar-refractivity contribution < 1.29 is 19.0 Å². The zero-order valence-electron chi connectivity index (χ0n) is 17.8. The number of rotatable bonds is 4. The van der Waals surface area contributed by atoms with Crippen LogP contribution < -0.4 is 24.4 Å². The summed E-state index contributed by atoms with van der Waals surface area (Å²) in [5.41, 5.74) is 2.15. The number of allylic oxidation sites excluding steroid dienone is 1. The summed E-state index contributed by atoms with van der Waals surface area (Å²) < 4.78 is 18.1. The number of thiazole rings is 1. The molecule has 0 N–H and O–H groups in total. The SMILES string of the molecule is CCOC(=O)C1=C(C)N=c2sc(=Cc3ccc4c(c3)OCO4)c(=O)n2[C@H]1c1ccc(Cl)cc1. The topological polar surface area (TPSA) is 79.1 Å². The minimum atomic E-state index is -0.670. The number of carbonyl (C=O) groups is 1. The van der Waals surface area contributed by atoms with Crippen LogP contribution in [0.4, 0.5) is 0 Å². The average molecular weight is 483 g/mol. The minimum Gasteiger partial charge on any atom is -0.463 e. The molecule has 0 radical (unpaired) electrons. The number of hydrogen-bond donors (Lipinski definition) is 0. The van der Waals surface area contributed by atoms with Gasteiger partial charge in [-0.3, -0.25) is 9.36 Å². The van der Waals surface area contributed by atoms with Crippen LogP contribution in [-0.2, 0) is 9.53 Å². The molecule has 2 aliphatic rings. The van der Waals surface area contributed by atoms with E-state index < -0.39 is 12.0 Å². The van der Waals surface area contributed by atoms with Crippen LogP contribution in [-0.4, -0.2) is 23.9 Å². The lowest BCUT2D eigenvalue weighted by Gasteiger charge is -2.24. The van der Waals surface area contributed by atoms with E-state index in [2.05, 4.69) is 4.99 Å². The molecular weight excluding hydrogens is 464 g/mol. The fraction of sp³-hybridized carbons (Fsp3) is 0.208. The first-order valence-corrected chi connectivity index (χ1v) is 11.5. The van der Waals surface area contributed by atoms with Crippen molar-refractivity contribution in [2.45, 2.75) is 19.9 Å². The van der Waals surface area contributed by atoms with Crippen LogP contribution in [0.5, 0.6) is 11.5 Å². The number of ether oxygens (including phenoxy) is 3. The van der Waals surface area contributed by atoms with Crippen LogP contribution in [0.2, 0.25) is 5.02 Å². The molecule has 0 saturated carbocycles. The molecule has 2 aromatic carbocycles. The van der Waals surface area contributed by atoms with Crippen LogP contribution >= 0.6 is 22.9 Å². The van der Waals surface area contributed by atoms with Gasteiger partial charge in [-0.2, -0.15) is 0 Å². The van der Waals surface area contributed by atoms with Gasteiger partial charge in [0.15, 0.2) is 16.3 Å². The van der Waals surface area contributed by atoms with Gasteiger partial charge in [-0.25, -0.2) is 9.79 Å². The van der Waals surface area contributed by atoms with Crippen molar-refractivity contribution in [3.63, 3.8) is 0 Å². The van der Waals surface area contributed by atoms with E-state index in [0.717, 1.165) is 11.1 Å². The van der Waals surface area contributed by atoms with Crippen molar-refractivity contribution in [2.24, 2.45) is 4.99 Å². The Hall–Kier alpha value is -3.36. The minimum absolute atomic E-state index is 0.179. The van der Waals surface area contributed by atoms with E-state index in [1.165, 1.54) is 11.3 Å². The molecule has 5 rings (SSSR count). The Bertz CT molecular complexity index is 1470. The van der Waals surface area contributed by atoms with E-state index in [1.807, 2.05) is 18.2 Å². The molecule has 1 atom stereocenters. The lowest BCUT2D eigenvalue weighted by atomic mass is 9.96. The van der Waals surface area contributed by atoms with Gasteiger partial charge in [0.2, 0.25) is 6.79 Å². The molecule has 2 aliphatic heterocycles. The molecule has 0 bridgehead atoms. The van der Waals surface area contributed by atoms with E-state index in [0.29, 0.717) is 37.1 Å². The predicted octanol–water partition coefficient (Wildman–Crippen LogP) is 3.18. The highest BCUT2D eigenvalue weighted by atomic mass is 35.5. The summed E-state index contributed by atoms with van der Waals surface area (Å²) in [5.74, 6) is 0.811. The Morgan fingerprint density at radius 2 is 2.00 bits per heavy atom. The molecule has 33 heavy (non-hydrogen) atoms. The van der Waals surface area contributed by atoms with Crippen LogP contribution in [0.3, 0.4) is 0 Å². The molecule has 0 saturated heterocycles. The van der Waals surface area contributed by atoms with Crippen molar-refractivity contribution >= 4 is 35.0 Å². The highest BCUT2D eigenvalue weighted by Crippen LogP contribution is 2.33. The number of carbonyl (C=O) groups excluding carboxylic acids is 1. The Morgan fingerprint density at radius 3 is 2.76 bits per heavy atom. The van der Waals surface area contributed by atoms with Crippen LogP contribution in [0.15, 0.2) is 63.5 Å². The molecule has 0 spiro atoms. The van der Waals surface area contributed by atoms with Gasteiger partial charge < -0.3 is 14.2 Å². The zero-order valence-corrected chi connectivity index (χ0v) is 19.4. The van der Waals surface area contributed by atoms with E-state index in [4.69, 9.17) is 25.8 Å². The fourth-order valence-electron chi connectivity index (χ4n) is 3.91. The van der Waals surface area contributed by atoms with Crippen LogP contribution in [0.25, 0.3) is 6.08 Å². The number of esters is 1. The van der Waals surface area contributed by atoms with Gasteiger partial charge in [-0.05, 0) is 55.3 Å². The van der Waals surface area contributed by atoms with Crippen molar-refractivity contribution in [3.05, 3.63) is 89.6 Å². The molecule has 0 aliphatic carbocycles. The second-order valence-corrected chi connectivity index (χ2v) is 8.91. The van der Waals surface area contributed by atoms with E-state index >= 15 is 0 Å². The first kappa shape index (κ1) is 21.5. The monoisotopic (exact) mass is 482 g/mol. The number of fused-ring (bicyclic) bond motifs is 2. The normalized spacial score (nSPS) is 17.1.